The maximum absolute atomic E-state index is 7.88. The molecule has 42 valence electrons. The first kappa shape index (κ1) is 6.46. The predicted molar refractivity (Wildman–Crippen MR) is 27.5 cm³/mol. The molecule has 0 atom stereocenters. The van der Waals surface area contributed by atoms with Crippen molar-refractivity contribution in [3.63, 3.8) is 0 Å². The van der Waals surface area contributed by atoms with E-state index in [0.29, 0.717) is 0 Å². The SMILES string of the molecule is CC/C=C\NNO. The number of nitrogens with one attached hydrogen (secondary N) is 2. The number of hydrogen-bond donors (Lipinski definition) is 3. The van der Waals surface area contributed by atoms with Crippen molar-refractivity contribution in [3.8, 4) is 0 Å². The van der Waals surface area contributed by atoms with E-state index >= 15 is 0 Å². The smallest absolute Gasteiger partial charge is 0.0107 e. The summed E-state index contributed by atoms with van der Waals surface area (Å²) in [6.45, 7) is 2.01. The van der Waals surface area contributed by atoms with Gasteiger partial charge >= 0.3 is 0 Å². The third kappa shape index (κ3) is 5.46. The van der Waals surface area contributed by atoms with Crippen LogP contribution >= 0.6 is 0 Å². The highest BCUT2D eigenvalue weighted by Gasteiger charge is 1.62. The first-order valence-electron chi connectivity index (χ1n) is 2.21. The van der Waals surface area contributed by atoms with E-state index in [0.717, 1.165) is 6.42 Å². The summed E-state index contributed by atoms with van der Waals surface area (Å²) in [5.41, 5.74) is 4.14. The van der Waals surface area contributed by atoms with Crippen LogP contribution in [0.3, 0.4) is 0 Å². The van der Waals surface area contributed by atoms with E-state index in [-0.39, 0.29) is 0 Å². The van der Waals surface area contributed by atoms with Crippen molar-refractivity contribution < 1.29 is 5.21 Å². The van der Waals surface area contributed by atoms with E-state index in [2.05, 4.69) is 5.43 Å². The molecule has 7 heavy (non-hydrogen) atoms. The second-order valence-corrected chi connectivity index (χ2v) is 1.07. The first-order valence-corrected chi connectivity index (χ1v) is 2.21. The van der Waals surface area contributed by atoms with Crippen LogP contribution in [0.1, 0.15) is 13.3 Å². The predicted octanol–water partition coefficient (Wildman–Crippen LogP) is 0.393. The molecule has 3 nitrogen and oxygen atoms in total. The number of hydrazine groups is 1. The Labute approximate surface area is 43.0 Å². The fourth-order valence-corrected chi connectivity index (χ4v) is 0.214. The van der Waals surface area contributed by atoms with Gasteiger partial charge in [0.1, 0.15) is 0 Å². The van der Waals surface area contributed by atoms with Gasteiger partial charge in [0.25, 0.3) is 0 Å². The monoisotopic (exact) mass is 102 g/mol. The number of hydrogen-bond acceptors (Lipinski definition) is 3. The van der Waals surface area contributed by atoms with Gasteiger partial charge in [-0.05, 0) is 6.42 Å². The van der Waals surface area contributed by atoms with Crippen LogP contribution in [0, 0.1) is 0 Å². The van der Waals surface area contributed by atoms with E-state index in [1.807, 2.05) is 13.0 Å². The van der Waals surface area contributed by atoms with Crippen LogP contribution in [0.5, 0.6) is 0 Å². The third-order valence-electron chi connectivity index (χ3n) is 0.501. The fraction of sp³-hybridized carbons (Fsp3) is 0.500. The summed E-state index contributed by atoms with van der Waals surface area (Å²) >= 11 is 0. The molecular formula is C4H10N2O. The van der Waals surface area contributed by atoms with Crippen LogP contribution in [-0.2, 0) is 0 Å². The Morgan fingerprint density at radius 1 is 1.71 bits per heavy atom. The van der Waals surface area contributed by atoms with Crippen LogP contribution in [0.4, 0.5) is 0 Å². The number of rotatable bonds is 3. The molecule has 0 amide bonds. The van der Waals surface area contributed by atoms with Gasteiger partial charge < -0.3 is 5.43 Å². The zero-order chi connectivity index (χ0) is 5.54. The zero-order valence-electron chi connectivity index (χ0n) is 4.31. The maximum atomic E-state index is 7.88. The van der Waals surface area contributed by atoms with Crippen molar-refractivity contribution >= 4 is 0 Å². The quantitative estimate of drug-likeness (QED) is 0.452. The van der Waals surface area contributed by atoms with Crippen molar-refractivity contribution in [2.45, 2.75) is 13.3 Å². The van der Waals surface area contributed by atoms with Crippen molar-refractivity contribution in [1.29, 1.82) is 0 Å². The molecule has 0 heterocycles. The molecule has 0 aliphatic heterocycles. The van der Waals surface area contributed by atoms with Gasteiger partial charge in [0, 0.05) is 6.20 Å². The summed E-state index contributed by atoms with van der Waals surface area (Å²) < 4.78 is 0. The Morgan fingerprint density at radius 3 is 2.86 bits per heavy atom. The van der Waals surface area contributed by atoms with Gasteiger partial charge in [-0.1, -0.05) is 13.0 Å². The molecule has 3 N–H and O–H groups in total. The lowest BCUT2D eigenvalue weighted by Crippen LogP contribution is -2.21. The molecule has 0 spiro atoms. The Balaban J connectivity index is 2.78. The average Bonchev–Trinajstić information content (AvgIpc) is 1.69. The lowest BCUT2D eigenvalue weighted by atomic mass is 10.5. The molecule has 0 rings (SSSR count). The molecule has 0 unspecified atom stereocenters. The highest BCUT2D eigenvalue weighted by Crippen LogP contribution is 1.72. The van der Waals surface area contributed by atoms with Gasteiger partial charge in [0.05, 0.1) is 0 Å². The highest BCUT2D eigenvalue weighted by molar-refractivity contribution is 4.74. The van der Waals surface area contributed by atoms with Gasteiger partial charge in [-0.2, -0.15) is 0 Å². The summed E-state index contributed by atoms with van der Waals surface area (Å²) in [5, 5.41) is 7.88. The fourth-order valence-electron chi connectivity index (χ4n) is 0.214. The average molecular weight is 102 g/mol. The molecule has 0 saturated heterocycles. The number of allylic oxidation sites excluding steroid dienone is 1. The summed E-state index contributed by atoms with van der Waals surface area (Å²) in [6.07, 6.45) is 4.47. The summed E-state index contributed by atoms with van der Waals surface area (Å²) in [6, 6.07) is 0. The Morgan fingerprint density at radius 2 is 2.43 bits per heavy atom. The van der Waals surface area contributed by atoms with E-state index in [9.17, 15) is 0 Å². The minimum atomic E-state index is 0.967. The lowest BCUT2D eigenvalue weighted by molar-refractivity contribution is 0.137. The third-order valence-corrected chi connectivity index (χ3v) is 0.501. The second kappa shape index (κ2) is 5.46. The maximum Gasteiger partial charge on any atom is 0.0107 e. The molecule has 0 radical (unpaired) electrons. The minimum absolute atomic E-state index is 0.967. The lowest BCUT2D eigenvalue weighted by Gasteiger charge is -1.89. The molecule has 3 heteroatoms. The van der Waals surface area contributed by atoms with Gasteiger partial charge in [0.2, 0.25) is 0 Å². The van der Waals surface area contributed by atoms with E-state index < -0.39 is 0 Å². The van der Waals surface area contributed by atoms with E-state index in [1.165, 1.54) is 0 Å². The molecule has 0 aliphatic carbocycles. The molecule has 0 bridgehead atoms. The summed E-state index contributed by atoms with van der Waals surface area (Å²) in [7, 11) is 0. The Bertz CT molecular complexity index is 53.7. The standard InChI is InChI=1S/C4H10N2O/c1-2-3-4-5-6-7/h3-7H,2H2,1H3/b4-3-. The van der Waals surface area contributed by atoms with E-state index in [4.69, 9.17) is 5.21 Å². The summed E-state index contributed by atoms with van der Waals surface area (Å²) in [5.74, 6) is 0. The topological polar surface area (TPSA) is 44.3 Å². The second-order valence-electron chi connectivity index (χ2n) is 1.07. The Hall–Kier alpha value is -0.540. The van der Waals surface area contributed by atoms with Crippen molar-refractivity contribution in [2.75, 3.05) is 0 Å². The van der Waals surface area contributed by atoms with Crippen LogP contribution in [0.15, 0.2) is 12.3 Å². The largest absolute Gasteiger partial charge is 0.307 e. The zero-order valence-corrected chi connectivity index (χ0v) is 4.31. The highest BCUT2D eigenvalue weighted by atomic mass is 16.5. The van der Waals surface area contributed by atoms with Gasteiger partial charge in [-0.3, -0.25) is 5.21 Å². The molecule has 0 saturated carbocycles. The Kier molecular flexibility index (Phi) is 5.04. The molecule has 0 aromatic heterocycles. The molecular weight excluding hydrogens is 92.1 g/mol. The van der Waals surface area contributed by atoms with Gasteiger partial charge in [-0.15, -0.1) is 5.59 Å². The van der Waals surface area contributed by atoms with Gasteiger partial charge in [-0.25, -0.2) is 0 Å². The van der Waals surface area contributed by atoms with Gasteiger partial charge in [0.15, 0.2) is 0 Å². The van der Waals surface area contributed by atoms with Crippen molar-refractivity contribution in [3.05, 3.63) is 12.3 Å². The molecule has 0 aliphatic rings. The summed E-state index contributed by atoms with van der Waals surface area (Å²) in [4.78, 5) is 0. The molecule has 0 aromatic carbocycles. The van der Waals surface area contributed by atoms with Crippen molar-refractivity contribution in [1.82, 2.24) is 11.0 Å². The van der Waals surface area contributed by atoms with Crippen molar-refractivity contribution in [2.24, 2.45) is 0 Å². The first-order chi connectivity index (χ1) is 3.41. The normalized spacial score (nSPS) is 10.0. The van der Waals surface area contributed by atoms with Crippen LogP contribution < -0.4 is 11.0 Å². The van der Waals surface area contributed by atoms with E-state index in [1.54, 1.807) is 11.8 Å². The molecule has 0 aromatic rings. The van der Waals surface area contributed by atoms with Crippen LogP contribution in [0.25, 0.3) is 0 Å². The minimum Gasteiger partial charge on any atom is -0.307 e. The van der Waals surface area contributed by atoms with Crippen LogP contribution in [0.2, 0.25) is 0 Å². The molecule has 0 fully saturated rings. The van der Waals surface area contributed by atoms with Crippen LogP contribution in [-0.4, -0.2) is 5.21 Å².